The second-order valence-corrected chi connectivity index (χ2v) is 4.90. The van der Waals surface area contributed by atoms with Gasteiger partial charge < -0.3 is 4.74 Å². The van der Waals surface area contributed by atoms with Gasteiger partial charge in [0.15, 0.2) is 0 Å². The third kappa shape index (κ3) is 1.95. The Morgan fingerprint density at radius 3 is 2.93 bits per heavy atom. The zero-order chi connectivity index (χ0) is 9.38. The van der Waals surface area contributed by atoms with Crippen molar-refractivity contribution in [1.29, 1.82) is 0 Å². The summed E-state index contributed by atoms with van der Waals surface area (Å²) in [6.07, 6.45) is 4.85. The van der Waals surface area contributed by atoms with E-state index in [2.05, 4.69) is 9.80 Å². The molecule has 14 heavy (non-hydrogen) atoms. The second-order valence-electron chi connectivity index (χ2n) is 4.90. The summed E-state index contributed by atoms with van der Waals surface area (Å²) in [6, 6.07) is 0.858. The lowest BCUT2D eigenvalue weighted by Gasteiger charge is -2.43. The van der Waals surface area contributed by atoms with Crippen LogP contribution in [0.3, 0.4) is 0 Å². The Hall–Kier alpha value is -0.120. The number of fused-ring (bicyclic) bond motifs is 1. The predicted octanol–water partition coefficient (Wildman–Crippen LogP) is 0.555. The van der Waals surface area contributed by atoms with Crippen molar-refractivity contribution in [3.05, 3.63) is 0 Å². The molecule has 0 aromatic carbocycles. The molecule has 0 amide bonds. The molecule has 3 heterocycles. The summed E-state index contributed by atoms with van der Waals surface area (Å²) in [6.45, 7) is 7.38. The maximum atomic E-state index is 5.29. The van der Waals surface area contributed by atoms with Crippen LogP contribution >= 0.6 is 0 Å². The SMILES string of the molecule is C1CCN2CCN(CC3CO3)CC2C1. The highest BCUT2D eigenvalue weighted by Crippen LogP contribution is 2.22. The molecule has 80 valence electrons. The summed E-state index contributed by atoms with van der Waals surface area (Å²) in [5.74, 6) is 0. The molecule has 3 saturated heterocycles. The monoisotopic (exact) mass is 196 g/mol. The van der Waals surface area contributed by atoms with Crippen LogP contribution in [0, 0.1) is 0 Å². The van der Waals surface area contributed by atoms with Gasteiger partial charge in [0.05, 0.1) is 12.7 Å². The summed E-state index contributed by atoms with van der Waals surface area (Å²) in [7, 11) is 0. The van der Waals surface area contributed by atoms with Gasteiger partial charge in [-0.2, -0.15) is 0 Å². The normalized spacial score (nSPS) is 39.4. The van der Waals surface area contributed by atoms with E-state index in [1.807, 2.05) is 0 Å². The molecule has 0 N–H and O–H groups in total. The molecular formula is C11H20N2O. The summed E-state index contributed by atoms with van der Waals surface area (Å²) in [5.41, 5.74) is 0. The maximum absolute atomic E-state index is 5.29. The number of piperazine rings is 1. The van der Waals surface area contributed by atoms with Gasteiger partial charge in [-0.25, -0.2) is 0 Å². The molecule has 0 aromatic rings. The molecule has 0 aliphatic carbocycles. The van der Waals surface area contributed by atoms with Gasteiger partial charge in [-0.1, -0.05) is 6.42 Å². The molecule has 2 atom stereocenters. The number of nitrogens with zero attached hydrogens (tertiary/aromatic N) is 2. The lowest BCUT2D eigenvalue weighted by molar-refractivity contribution is 0.0462. The first-order chi connectivity index (χ1) is 6.92. The lowest BCUT2D eigenvalue weighted by Crippen LogP contribution is -2.55. The molecule has 3 nitrogen and oxygen atoms in total. The van der Waals surface area contributed by atoms with Crippen molar-refractivity contribution in [3.63, 3.8) is 0 Å². The van der Waals surface area contributed by atoms with Crippen LogP contribution in [0.15, 0.2) is 0 Å². The number of ether oxygens (including phenoxy) is 1. The molecule has 0 aromatic heterocycles. The zero-order valence-electron chi connectivity index (χ0n) is 8.82. The fraction of sp³-hybridized carbons (Fsp3) is 1.00. The van der Waals surface area contributed by atoms with Crippen LogP contribution in [0.4, 0.5) is 0 Å². The van der Waals surface area contributed by atoms with Gasteiger partial charge in [-0.3, -0.25) is 9.80 Å². The third-order valence-electron chi connectivity index (χ3n) is 3.79. The minimum atomic E-state index is 0.574. The average molecular weight is 196 g/mol. The lowest BCUT2D eigenvalue weighted by atomic mass is 9.99. The van der Waals surface area contributed by atoms with Gasteiger partial charge in [-0.15, -0.1) is 0 Å². The van der Waals surface area contributed by atoms with E-state index >= 15 is 0 Å². The summed E-state index contributed by atoms with van der Waals surface area (Å²) >= 11 is 0. The maximum Gasteiger partial charge on any atom is 0.0936 e. The standard InChI is InChI=1S/C11H20N2O/c1-2-4-13-6-5-12(7-10(13)3-1)8-11-9-14-11/h10-11H,1-9H2. The van der Waals surface area contributed by atoms with Crippen LogP contribution in [0.5, 0.6) is 0 Å². The predicted molar refractivity (Wildman–Crippen MR) is 55.4 cm³/mol. The number of rotatable bonds is 2. The Bertz CT molecular complexity index is 205. The van der Waals surface area contributed by atoms with Crippen LogP contribution in [-0.4, -0.2) is 61.3 Å². The van der Waals surface area contributed by atoms with Crippen molar-refractivity contribution in [2.45, 2.75) is 31.4 Å². The van der Waals surface area contributed by atoms with Gasteiger partial charge in [0.2, 0.25) is 0 Å². The van der Waals surface area contributed by atoms with E-state index in [1.165, 1.54) is 52.0 Å². The minimum Gasteiger partial charge on any atom is -0.372 e. The number of epoxide rings is 1. The van der Waals surface area contributed by atoms with Crippen LogP contribution in [0.25, 0.3) is 0 Å². The Morgan fingerprint density at radius 2 is 2.07 bits per heavy atom. The van der Waals surface area contributed by atoms with Crippen LogP contribution in [0.1, 0.15) is 19.3 Å². The van der Waals surface area contributed by atoms with Gasteiger partial charge in [-0.05, 0) is 19.4 Å². The topological polar surface area (TPSA) is 19.0 Å². The van der Waals surface area contributed by atoms with Crippen LogP contribution in [0.2, 0.25) is 0 Å². The van der Waals surface area contributed by atoms with Crippen LogP contribution < -0.4 is 0 Å². The first kappa shape index (κ1) is 9.13. The summed E-state index contributed by atoms with van der Waals surface area (Å²) in [5, 5.41) is 0. The summed E-state index contributed by atoms with van der Waals surface area (Å²) < 4.78 is 5.29. The van der Waals surface area contributed by atoms with E-state index in [0.29, 0.717) is 6.10 Å². The van der Waals surface area contributed by atoms with E-state index in [4.69, 9.17) is 4.74 Å². The van der Waals surface area contributed by atoms with Gasteiger partial charge in [0.1, 0.15) is 0 Å². The molecule has 2 unspecified atom stereocenters. The fourth-order valence-electron chi connectivity index (χ4n) is 2.85. The molecule has 0 radical (unpaired) electrons. The fourth-order valence-corrected chi connectivity index (χ4v) is 2.85. The molecular weight excluding hydrogens is 176 g/mol. The van der Waals surface area contributed by atoms with E-state index in [0.717, 1.165) is 12.6 Å². The molecule has 0 spiro atoms. The quantitative estimate of drug-likeness (QED) is 0.601. The van der Waals surface area contributed by atoms with Gasteiger partial charge in [0, 0.05) is 32.2 Å². The highest BCUT2D eigenvalue weighted by atomic mass is 16.6. The highest BCUT2D eigenvalue weighted by Gasteiger charge is 2.32. The molecule has 3 heteroatoms. The summed E-state index contributed by atoms with van der Waals surface area (Å²) in [4.78, 5) is 5.29. The largest absolute Gasteiger partial charge is 0.372 e. The smallest absolute Gasteiger partial charge is 0.0936 e. The molecule has 3 aliphatic heterocycles. The van der Waals surface area contributed by atoms with Crippen molar-refractivity contribution in [2.24, 2.45) is 0 Å². The number of hydrogen-bond donors (Lipinski definition) is 0. The third-order valence-corrected chi connectivity index (χ3v) is 3.79. The molecule has 0 saturated carbocycles. The van der Waals surface area contributed by atoms with Crippen molar-refractivity contribution in [3.8, 4) is 0 Å². The van der Waals surface area contributed by atoms with Gasteiger partial charge >= 0.3 is 0 Å². The van der Waals surface area contributed by atoms with Crippen molar-refractivity contribution in [1.82, 2.24) is 9.80 Å². The molecule has 3 fully saturated rings. The Kier molecular flexibility index (Phi) is 2.48. The van der Waals surface area contributed by atoms with E-state index in [-0.39, 0.29) is 0 Å². The zero-order valence-corrected chi connectivity index (χ0v) is 8.82. The van der Waals surface area contributed by atoms with Crippen molar-refractivity contribution < 1.29 is 4.74 Å². The van der Waals surface area contributed by atoms with Crippen LogP contribution in [-0.2, 0) is 4.74 Å². The first-order valence-electron chi connectivity index (χ1n) is 6.00. The number of hydrogen-bond acceptors (Lipinski definition) is 3. The second kappa shape index (κ2) is 3.80. The Labute approximate surface area is 86.0 Å². The average Bonchev–Trinajstić information content (AvgIpc) is 3.02. The van der Waals surface area contributed by atoms with Gasteiger partial charge in [0.25, 0.3) is 0 Å². The highest BCUT2D eigenvalue weighted by molar-refractivity contribution is 4.87. The number of piperidine rings is 1. The molecule has 3 rings (SSSR count). The van der Waals surface area contributed by atoms with Crippen molar-refractivity contribution in [2.75, 3.05) is 39.3 Å². The van der Waals surface area contributed by atoms with Crippen molar-refractivity contribution >= 4 is 0 Å². The van der Waals surface area contributed by atoms with E-state index in [9.17, 15) is 0 Å². The first-order valence-corrected chi connectivity index (χ1v) is 6.00. The Morgan fingerprint density at radius 1 is 1.14 bits per heavy atom. The van der Waals surface area contributed by atoms with E-state index < -0.39 is 0 Å². The Balaban J connectivity index is 1.53. The molecule has 3 aliphatic rings. The minimum absolute atomic E-state index is 0.574. The molecule has 0 bridgehead atoms. The van der Waals surface area contributed by atoms with E-state index in [1.54, 1.807) is 0 Å².